The van der Waals surface area contributed by atoms with E-state index >= 15 is 0 Å². The molecule has 1 fully saturated rings. The molecule has 16 heavy (non-hydrogen) atoms. The van der Waals surface area contributed by atoms with Crippen LogP contribution in [0.3, 0.4) is 0 Å². The Hall–Kier alpha value is -1.15. The molecule has 2 heteroatoms. The maximum atomic E-state index is 11.7. The minimum Gasteiger partial charge on any atom is -0.365 e. The van der Waals surface area contributed by atoms with Gasteiger partial charge in [-0.1, -0.05) is 44.2 Å². The first kappa shape index (κ1) is 11.3. The van der Waals surface area contributed by atoms with Gasteiger partial charge in [0.05, 0.1) is 6.61 Å². The van der Waals surface area contributed by atoms with E-state index in [1.54, 1.807) is 0 Å². The molecule has 0 heterocycles. The first-order valence-electron chi connectivity index (χ1n) is 5.78. The molecule has 1 aromatic rings. The highest BCUT2D eigenvalue weighted by molar-refractivity contribution is 5.86. The fourth-order valence-corrected chi connectivity index (χ4v) is 2.22. The Morgan fingerprint density at radius 3 is 2.56 bits per heavy atom. The lowest BCUT2D eigenvalue weighted by molar-refractivity contribution is -0.132. The van der Waals surface area contributed by atoms with Gasteiger partial charge < -0.3 is 4.74 Å². The number of hydrogen-bond donors (Lipinski definition) is 0. The lowest BCUT2D eigenvalue weighted by Crippen LogP contribution is -2.31. The van der Waals surface area contributed by atoms with Crippen molar-refractivity contribution in [3.8, 4) is 0 Å². The van der Waals surface area contributed by atoms with Crippen molar-refractivity contribution in [1.29, 1.82) is 0 Å². The van der Waals surface area contributed by atoms with Crippen LogP contribution in [0.4, 0.5) is 0 Å². The molecule has 0 saturated heterocycles. The van der Waals surface area contributed by atoms with Crippen molar-refractivity contribution in [2.75, 3.05) is 0 Å². The summed E-state index contributed by atoms with van der Waals surface area (Å²) >= 11 is 0. The van der Waals surface area contributed by atoms with Gasteiger partial charge in [0.15, 0.2) is 5.78 Å². The Balaban J connectivity index is 1.98. The van der Waals surface area contributed by atoms with Crippen LogP contribution in [0.2, 0.25) is 0 Å². The van der Waals surface area contributed by atoms with E-state index in [1.165, 1.54) is 0 Å². The van der Waals surface area contributed by atoms with Gasteiger partial charge in [0.1, 0.15) is 6.10 Å². The van der Waals surface area contributed by atoms with Crippen molar-refractivity contribution in [3.63, 3.8) is 0 Å². The van der Waals surface area contributed by atoms with Crippen LogP contribution in [0.1, 0.15) is 32.3 Å². The van der Waals surface area contributed by atoms with Gasteiger partial charge in [-0.15, -0.1) is 0 Å². The topological polar surface area (TPSA) is 26.3 Å². The molecule has 0 spiro atoms. The molecule has 1 saturated carbocycles. The van der Waals surface area contributed by atoms with Crippen molar-refractivity contribution in [2.24, 2.45) is 5.41 Å². The standard InChI is InChI=1S/C14H18O2/c1-14(2)9-8-12(15)13(14)16-10-11-6-4-3-5-7-11/h3-7,13H,8-10H2,1-2H3. The van der Waals surface area contributed by atoms with Gasteiger partial charge in [0.2, 0.25) is 0 Å². The first-order valence-corrected chi connectivity index (χ1v) is 5.78. The maximum absolute atomic E-state index is 11.7. The van der Waals surface area contributed by atoms with Crippen molar-refractivity contribution < 1.29 is 9.53 Å². The highest BCUT2D eigenvalue weighted by Gasteiger charge is 2.41. The molecule has 0 aromatic heterocycles. The third kappa shape index (κ3) is 2.33. The lowest BCUT2D eigenvalue weighted by Gasteiger charge is -2.25. The Morgan fingerprint density at radius 2 is 2.00 bits per heavy atom. The molecule has 0 amide bonds. The molecule has 0 aliphatic heterocycles. The zero-order chi connectivity index (χ0) is 11.6. The summed E-state index contributed by atoms with van der Waals surface area (Å²) in [5, 5.41) is 0. The molecule has 2 rings (SSSR count). The summed E-state index contributed by atoms with van der Waals surface area (Å²) in [6.45, 7) is 4.74. The van der Waals surface area contributed by atoms with E-state index in [0.29, 0.717) is 13.0 Å². The largest absolute Gasteiger partial charge is 0.365 e. The number of Topliss-reactive ketones (excluding diaryl/α,β-unsaturated/α-hetero) is 1. The highest BCUT2D eigenvalue weighted by Crippen LogP contribution is 2.37. The van der Waals surface area contributed by atoms with Crippen LogP contribution in [-0.2, 0) is 16.1 Å². The number of ether oxygens (including phenoxy) is 1. The summed E-state index contributed by atoms with van der Waals surface area (Å²) < 4.78 is 5.77. The van der Waals surface area contributed by atoms with Gasteiger partial charge in [0, 0.05) is 6.42 Å². The first-order chi connectivity index (χ1) is 7.59. The minimum absolute atomic E-state index is 0.00807. The number of ketones is 1. The fraction of sp³-hybridized carbons (Fsp3) is 0.500. The van der Waals surface area contributed by atoms with E-state index in [-0.39, 0.29) is 17.3 Å². The third-order valence-electron chi connectivity index (χ3n) is 3.28. The predicted octanol–water partition coefficient (Wildman–Crippen LogP) is 2.96. The van der Waals surface area contributed by atoms with Crippen LogP contribution in [0, 0.1) is 5.41 Å². The SMILES string of the molecule is CC1(C)CCC(=O)C1OCc1ccccc1. The van der Waals surface area contributed by atoms with Gasteiger partial charge in [0.25, 0.3) is 0 Å². The van der Waals surface area contributed by atoms with Gasteiger partial charge in [-0.25, -0.2) is 0 Å². The van der Waals surface area contributed by atoms with E-state index in [1.807, 2.05) is 30.3 Å². The second-order valence-corrected chi connectivity index (χ2v) is 5.13. The van der Waals surface area contributed by atoms with E-state index in [2.05, 4.69) is 13.8 Å². The second kappa shape index (κ2) is 4.38. The Bertz CT molecular complexity index is 368. The summed E-state index contributed by atoms with van der Waals surface area (Å²) in [6.07, 6.45) is 1.37. The average molecular weight is 218 g/mol. The van der Waals surface area contributed by atoms with Crippen LogP contribution in [0.25, 0.3) is 0 Å². The van der Waals surface area contributed by atoms with Crippen molar-refractivity contribution in [1.82, 2.24) is 0 Å². The number of carbonyl (C=O) groups excluding carboxylic acids is 1. The minimum atomic E-state index is -0.229. The highest BCUT2D eigenvalue weighted by atomic mass is 16.5. The molecular weight excluding hydrogens is 200 g/mol. The van der Waals surface area contributed by atoms with E-state index in [9.17, 15) is 4.79 Å². The number of hydrogen-bond acceptors (Lipinski definition) is 2. The number of benzene rings is 1. The summed E-state index contributed by atoms with van der Waals surface area (Å²) in [5.74, 6) is 0.251. The molecule has 86 valence electrons. The predicted molar refractivity (Wildman–Crippen MR) is 63.0 cm³/mol. The second-order valence-electron chi connectivity index (χ2n) is 5.13. The van der Waals surface area contributed by atoms with E-state index < -0.39 is 0 Å². The Labute approximate surface area is 96.6 Å². The van der Waals surface area contributed by atoms with Gasteiger partial charge in [-0.3, -0.25) is 4.79 Å². The van der Waals surface area contributed by atoms with Crippen LogP contribution in [-0.4, -0.2) is 11.9 Å². The summed E-state index contributed by atoms with van der Waals surface area (Å²) in [7, 11) is 0. The Morgan fingerprint density at radius 1 is 1.31 bits per heavy atom. The number of carbonyl (C=O) groups is 1. The van der Waals surface area contributed by atoms with Crippen LogP contribution >= 0.6 is 0 Å². The van der Waals surface area contributed by atoms with Gasteiger partial charge in [-0.2, -0.15) is 0 Å². The summed E-state index contributed by atoms with van der Waals surface area (Å²) in [6, 6.07) is 9.99. The smallest absolute Gasteiger partial charge is 0.162 e. The molecule has 0 N–H and O–H groups in total. The lowest BCUT2D eigenvalue weighted by atomic mass is 9.89. The summed E-state index contributed by atoms with van der Waals surface area (Å²) in [4.78, 5) is 11.7. The molecule has 0 bridgehead atoms. The fourth-order valence-electron chi connectivity index (χ4n) is 2.22. The molecule has 1 atom stereocenters. The quantitative estimate of drug-likeness (QED) is 0.779. The molecule has 1 aromatic carbocycles. The molecule has 1 unspecified atom stereocenters. The van der Waals surface area contributed by atoms with Crippen molar-refractivity contribution in [2.45, 2.75) is 39.4 Å². The van der Waals surface area contributed by atoms with E-state index in [4.69, 9.17) is 4.74 Å². The Kier molecular flexibility index (Phi) is 3.10. The maximum Gasteiger partial charge on any atom is 0.162 e. The zero-order valence-electron chi connectivity index (χ0n) is 9.90. The van der Waals surface area contributed by atoms with Crippen molar-refractivity contribution in [3.05, 3.63) is 35.9 Å². The molecule has 2 nitrogen and oxygen atoms in total. The van der Waals surface area contributed by atoms with Crippen molar-refractivity contribution >= 4 is 5.78 Å². The van der Waals surface area contributed by atoms with Gasteiger partial charge >= 0.3 is 0 Å². The van der Waals surface area contributed by atoms with E-state index in [0.717, 1.165) is 12.0 Å². The van der Waals surface area contributed by atoms with Gasteiger partial charge in [-0.05, 0) is 17.4 Å². The summed E-state index contributed by atoms with van der Waals surface area (Å²) in [5.41, 5.74) is 1.12. The zero-order valence-corrected chi connectivity index (χ0v) is 9.90. The molecular formula is C14H18O2. The monoisotopic (exact) mass is 218 g/mol. The van der Waals surface area contributed by atoms with Crippen LogP contribution in [0.15, 0.2) is 30.3 Å². The number of rotatable bonds is 3. The van der Waals surface area contributed by atoms with Crippen LogP contribution < -0.4 is 0 Å². The normalized spacial score (nSPS) is 23.6. The average Bonchev–Trinajstić information content (AvgIpc) is 2.52. The third-order valence-corrected chi connectivity index (χ3v) is 3.28. The molecule has 1 aliphatic carbocycles. The molecule has 1 aliphatic rings. The molecule has 0 radical (unpaired) electrons. The van der Waals surface area contributed by atoms with Crippen LogP contribution in [0.5, 0.6) is 0 Å².